The molecular weight excluding hydrogens is 258 g/mol. The fourth-order valence-electron chi connectivity index (χ4n) is 1.71. The Morgan fingerprint density at radius 3 is 2.70 bits per heavy atom. The van der Waals surface area contributed by atoms with Gasteiger partial charge in [-0.1, -0.05) is 0 Å². The highest BCUT2D eigenvalue weighted by Gasteiger charge is 2.16. The highest BCUT2D eigenvalue weighted by molar-refractivity contribution is 5.79. The van der Waals surface area contributed by atoms with Crippen molar-refractivity contribution in [3.63, 3.8) is 0 Å². The molecule has 0 saturated carbocycles. The van der Waals surface area contributed by atoms with Gasteiger partial charge in [-0.3, -0.25) is 4.79 Å². The lowest BCUT2D eigenvalue weighted by Gasteiger charge is -2.27. The molecule has 0 bridgehead atoms. The van der Waals surface area contributed by atoms with Gasteiger partial charge in [-0.15, -0.1) is 0 Å². The zero-order valence-corrected chi connectivity index (χ0v) is 12.5. The molecule has 1 amide bonds. The van der Waals surface area contributed by atoms with E-state index in [4.69, 9.17) is 10.5 Å². The fourth-order valence-corrected chi connectivity index (χ4v) is 1.71. The largest absolute Gasteiger partial charge is 0.374 e. The molecule has 1 heterocycles. The van der Waals surface area contributed by atoms with Gasteiger partial charge in [0.1, 0.15) is 18.2 Å². The van der Waals surface area contributed by atoms with Crippen molar-refractivity contribution in [3.8, 4) is 0 Å². The number of amides is 1. The Morgan fingerprint density at radius 2 is 2.20 bits per heavy atom. The summed E-state index contributed by atoms with van der Waals surface area (Å²) in [7, 11) is 1.78. The molecule has 1 aromatic rings. The van der Waals surface area contributed by atoms with Crippen molar-refractivity contribution in [1.29, 1.82) is 0 Å². The molecule has 20 heavy (non-hydrogen) atoms. The summed E-state index contributed by atoms with van der Waals surface area (Å²) in [6.45, 7) is 6.92. The molecule has 7 heteroatoms. The van der Waals surface area contributed by atoms with Crippen molar-refractivity contribution in [2.45, 2.75) is 33.4 Å². The van der Waals surface area contributed by atoms with E-state index < -0.39 is 5.91 Å². The zero-order valence-electron chi connectivity index (χ0n) is 12.5. The minimum atomic E-state index is -0.394. The summed E-state index contributed by atoms with van der Waals surface area (Å²) in [5, 5.41) is 2.98. The van der Waals surface area contributed by atoms with Crippen LogP contribution in [0.2, 0.25) is 0 Å². The molecule has 0 aliphatic rings. The normalized spacial score (nSPS) is 10.7. The van der Waals surface area contributed by atoms with Crippen LogP contribution in [0.3, 0.4) is 0 Å². The number of nitrogens with two attached hydrogens (primary N) is 1. The highest BCUT2D eigenvalue weighted by atomic mass is 16.5. The van der Waals surface area contributed by atoms with Crippen LogP contribution in [-0.4, -0.2) is 42.1 Å². The molecule has 0 saturated heterocycles. The van der Waals surface area contributed by atoms with E-state index in [0.717, 1.165) is 0 Å². The smallest absolute Gasteiger partial charge is 0.237 e. The number of nitrogens with zero attached hydrogens (tertiary/aromatic N) is 3. The maximum atomic E-state index is 11.2. The number of hydrogen-bond acceptors (Lipinski definition) is 6. The van der Waals surface area contributed by atoms with Crippen molar-refractivity contribution in [2.75, 3.05) is 30.4 Å². The molecule has 0 aromatic carbocycles. The van der Waals surface area contributed by atoms with Crippen molar-refractivity contribution >= 4 is 17.5 Å². The van der Waals surface area contributed by atoms with Gasteiger partial charge in [0.05, 0.1) is 6.54 Å². The van der Waals surface area contributed by atoms with Crippen LogP contribution in [0.4, 0.5) is 11.6 Å². The summed E-state index contributed by atoms with van der Waals surface area (Å²) in [5.74, 6) is 1.52. The molecule has 0 spiro atoms. The minimum absolute atomic E-state index is 0.0991. The van der Waals surface area contributed by atoms with Crippen LogP contribution in [0.1, 0.15) is 26.6 Å². The van der Waals surface area contributed by atoms with Crippen LogP contribution in [0.15, 0.2) is 6.07 Å². The number of carbonyl (C=O) groups excluding carboxylic acids is 1. The third kappa shape index (κ3) is 4.65. The van der Waals surface area contributed by atoms with Gasteiger partial charge in [0.25, 0.3) is 0 Å². The molecule has 0 fully saturated rings. The van der Waals surface area contributed by atoms with Crippen LogP contribution >= 0.6 is 0 Å². The number of aromatic nitrogens is 2. The second-order valence-corrected chi connectivity index (χ2v) is 4.60. The first-order valence-corrected chi connectivity index (χ1v) is 6.66. The highest BCUT2D eigenvalue weighted by Crippen LogP contribution is 2.18. The lowest BCUT2D eigenvalue weighted by atomic mass is 10.3. The van der Waals surface area contributed by atoms with E-state index in [0.29, 0.717) is 30.7 Å². The summed E-state index contributed by atoms with van der Waals surface area (Å²) in [4.78, 5) is 21.8. The molecule has 1 aromatic heterocycles. The van der Waals surface area contributed by atoms with Crippen molar-refractivity contribution in [1.82, 2.24) is 9.97 Å². The van der Waals surface area contributed by atoms with Crippen molar-refractivity contribution in [3.05, 3.63) is 11.9 Å². The van der Waals surface area contributed by atoms with Gasteiger partial charge in [0.2, 0.25) is 5.91 Å². The van der Waals surface area contributed by atoms with Gasteiger partial charge in [-0.05, 0) is 20.8 Å². The number of primary amides is 1. The Morgan fingerprint density at radius 1 is 1.50 bits per heavy atom. The number of carbonyl (C=O) groups is 1. The van der Waals surface area contributed by atoms with Crippen molar-refractivity contribution < 1.29 is 9.53 Å². The molecule has 0 atom stereocenters. The van der Waals surface area contributed by atoms with Crippen molar-refractivity contribution in [2.24, 2.45) is 5.73 Å². The van der Waals surface area contributed by atoms with E-state index in [9.17, 15) is 4.79 Å². The maximum Gasteiger partial charge on any atom is 0.237 e. The van der Waals surface area contributed by atoms with E-state index in [1.54, 1.807) is 13.1 Å². The molecule has 1 rings (SSSR count). The van der Waals surface area contributed by atoms with Gasteiger partial charge < -0.3 is 20.7 Å². The van der Waals surface area contributed by atoms with E-state index in [1.807, 2.05) is 25.7 Å². The third-order valence-corrected chi connectivity index (χ3v) is 2.69. The first kappa shape index (κ1) is 16.2. The first-order valence-electron chi connectivity index (χ1n) is 6.66. The topological polar surface area (TPSA) is 93.4 Å². The SMILES string of the molecule is CCOCc1nc(NC)cc(N(CC(N)=O)C(C)C)n1. The Kier molecular flexibility index (Phi) is 6.17. The number of anilines is 2. The summed E-state index contributed by atoms with van der Waals surface area (Å²) >= 11 is 0. The van der Waals surface area contributed by atoms with E-state index in [2.05, 4.69) is 15.3 Å². The maximum absolute atomic E-state index is 11.2. The summed E-state index contributed by atoms with van der Waals surface area (Å²) in [6, 6.07) is 1.89. The number of ether oxygens (including phenoxy) is 1. The Bertz CT molecular complexity index is 450. The quantitative estimate of drug-likeness (QED) is 0.730. The molecular formula is C13H23N5O2. The molecule has 0 radical (unpaired) electrons. The van der Waals surface area contributed by atoms with Gasteiger partial charge in [-0.2, -0.15) is 0 Å². The second kappa shape index (κ2) is 7.64. The Balaban J connectivity index is 3.08. The van der Waals surface area contributed by atoms with E-state index in [1.165, 1.54) is 0 Å². The van der Waals surface area contributed by atoms with Crippen LogP contribution < -0.4 is 16.0 Å². The Labute approximate surface area is 119 Å². The number of rotatable bonds is 8. The average molecular weight is 281 g/mol. The molecule has 0 unspecified atom stereocenters. The Hall–Kier alpha value is -1.89. The molecule has 0 aliphatic heterocycles. The lowest BCUT2D eigenvalue weighted by molar-refractivity contribution is -0.116. The van der Waals surface area contributed by atoms with Gasteiger partial charge in [-0.25, -0.2) is 9.97 Å². The molecule has 3 N–H and O–H groups in total. The fraction of sp³-hybridized carbons (Fsp3) is 0.615. The van der Waals surface area contributed by atoms with Gasteiger partial charge in [0.15, 0.2) is 5.82 Å². The summed E-state index contributed by atoms with van der Waals surface area (Å²) in [6.07, 6.45) is 0. The summed E-state index contributed by atoms with van der Waals surface area (Å²) in [5.41, 5.74) is 5.29. The lowest BCUT2D eigenvalue weighted by Crippen LogP contribution is -2.39. The average Bonchev–Trinajstić information content (AvgIpc) is 2.41. The van der Waals surface area contributed by atoms with Crippen LogP contribution in [0.25, 0.3) is 0 Å². The van der Waals surface area contributed by atoms with Crippen LogP contribution in [0, 0.1) is 0 Å². The predicted molar refractivity (Wildman–Crippen MR) is 78.6 cm³/mol. The first-order chi connectivity index (χ1) is 9.47. The van der Waals surface area contributed by atoms with Crippen LogP contribution in [-0.2, 0) is 16.1 Å². The number of hydrogen-bond donors (Lipinski definition) is 2. The third-order valence-electron chi connectivity index (χ3n) is 2.69. The van der Waals surface area contributed by atoms with Gasteiger partial charge >= 0.3 is 0 Å². The molecule has 112 valence electrons. The molecule has 7 nitrogen and oxygen atoms in total. The standard InChI is InChI=1S/C13H23N5O2/c1-5-20-8-12-16-11(15-4)6-13(17-12)18(9(2)3)7-10(14)19/h6,9H,5,7-8H2,1-4H3,(H2,14,19)(H,15,16,17). The summed E-state index contributed by atoms with van der Waals surface area (Å²) < 4.78 is 5.33. The second-order valence-electron chi connectivity index (χ2n) is 4.60. The monoisotopic (exact) mass is 281 g/mol. The van der Waals surface area contributed by atoms with E-state index >= 15 is 0 Å². The van der Waals surface area contributed by atoms with E-state index in [-0.39, 0.29) is 12.6 Å². The van der Waals surface area contributed by atoms with Crippen LogP contribution in [0.5, 0.6) is 0 Å². The van der Waals surface area contributed by atoms with Gasteiger partial charge in [0, 0.05) is 25.8 Å². The zero-order chi connectivity index (χ0) is 15.1. The molecule has 0 aliphatic carbocycles. The number of nitrogens with one attached hydrogen (secondary N) is 1. The predicted octanol–water partition coefficient (Wildman–Crippen LogP) is 0.755. The minimum Gasteiger partial charge on any atom is -0.374 e.